The molecule has 1 saturated heterocycles. The summed E-state index contributed by atoms with van der Waals surface area (Å²) in [6.07, 6.45) is -3.63. The summed E-state index contributed by atoms with van der Waals surface area (Å²) >= 11 is 0. The van der Waals surface area contributed by atoms with Crippen molar-refractivity contribution in [2.45, 2.75) is 32.0 Å². The van der Waals surface area contributed by atoms with Gasteiger partial charge in [0, 0.05) is 13.0 Å². The Hall–Kier alpha value is -2.05. The molecule has 1 fully saturated rings. The van der Waals surface area contributed by atoms with Gasteiger partial charge in [0.05, 0.1) is 6.54 Å². The summed E-state index contributed by atoms with van der Waals surface area (Å²) in [4.78, 5) is 23.4. The molecule has 1 aromatic carbocycles. The zero-order valence-corrected chi connectivity index (χ0v) is 11.3. The minimum absolute atomic E-state index is 0.132. The van der Waals surface area contributed by atoms with E-state index in [1.807, 2.05) is 0 Å². The van der Waals surface area contributed by atoms with Gasteiger partial charge in [-0.15, -0.1) is 0 Å². The number of amides is 2. The Bertz CT molecular complexity index is 517. The third-order valence-electron chi connectivity index (χ3n) is 3.24. The third kappa shape index (κ3) is 3.74. The molecule has 1 heterocycles. The van der Waals surface area contributed by atoms with E-state index in [-0.39, 0.29) is 19.5 Å². The Morgan fingerprint density at radius 2 is 1.86 bits per heavy atom. The van der Waals surface area contributed by atoms with Crippen LogP contribution >= 0.6 is 0 Å². The molecule has 0 spiro atoms. The fraction of sp³-hybridized carbons (Fsp3) is 0.429. The fourth-order valence-electron chi connectivity index (χ4n) is 2.22. The molecule has 0 saturated carbocycles. The maximum atomic E-state index is 12.8. The van der Waals surface area contributed by atoms with Gasteiger partial charge in [0.2, 0.25) is 5.91 Å². The van der Waals surface area contributed by atoms with Crippen LogP contribution in [-0.4, -0.2) is 34.6 Å². The highest BCUT2D eigenvalue weighted by atomic mass is 19.4. The van der Waals surface area contributed by atoms with Gasteiger partial charge in [-0.2, -0.15) is 13.2 Å². The van der Waals surface area contributed by atoms with E-state index in [2.05, 4.69) is 0 Å². The topological polar surface area (TPSA) is 40.6 Å². The average Bonchev–Trinajstić information content (AvgIpc) is 2.45. The van der Waals surface area contributed by atoms with Gasteiger partial charge in [-0.3, -0.25) is 14.6 Å². The predicted octanol–water partition coefficient (Wildman–Crippen LogP) is 2.51. The molecule has 7 heteroatoms. The lowest BCUT2D eigenvalue weighted by Crippen LogP contribution is -2.54. The summed E-state index contributed by atoms with van der Waals surface area (Å²) in [5.41, 5.74) is 0.536. The van der Waals surface area contributed by atoms with Crippen molar-refractivity contribution in [1.82, 2.24) is 10.0 Å². The SMILES string of the molecule is O=C1CCCCN1N(Cc1ccccc1)C(=O)C(F)(F)F. The number of hydrazine groups is 1. The van der Waals surface area contributed by atoms with Crippen LogP contribution in [-0.2, 0) is 16.1 Å². The molecule has 114 valence electrons. The largest absolute Gasteiger partial charge is 0.473 e. The van der Waals surface area contributed by atoms with E-state index in [9.17, 15) is 22.8 Å². The zero-order valence-electron chi connectivity index (χ0n) is 11.3. The number of hydrogen-bond donors (Lipinski definition) is 0. The minimum Gasteiger partial charge on any atom is -0.273 e. The Labute approximate surface area is 120 Å². The molecule has 0 N–H and O–H groups in total. The van der Waals surface area contributed by atoms with Gasteiger partial charge in [-0.1, -0.05) is 30.3 Å². The van der Waals surface area contributed by atoms with Crippen LogP contribution in [0.2, 0.25) is 0 Å². The molecule has 1 aromatic rings. The van der Waals surface area contributed by atoms with Crippen molar-refractivity contribution < 1.29 is 22.8 Å². The number of piperidine rings is 1. The number of halogens is 3. The van der Waals surface area contributed by atoms with Crippen LogP contribution < -0.4 is 0 Å². The van der Waals surface area contributed by atoms with Crippen molar-refractivity contribution >= 4 is 11.8 Å². The van der Waals surface area contributed by atoms with Crippen molar-refractivity contribution in [3.63, 3.8) is 0 Å². The lowest BCUT2D eigenvalue weighted by atomic mass is 10.1. The van der Waals surface area contributed by atoms with Gasteiger partial charge in [-0.05, 0) is 18.4 Å². The molecule has 1 aliphatic rings. The number of alkyl halides is 3. The summed E-state index contributed by atoms with van der Waals surface area (Å²) < 4.78 is 38.3. The van der Waals surface area contributed by atoms with Gasteiger partial charge in [-0.25, -0.2) is 5.01 Å². The van der Waals surface area contributed by atoms with Gasteiger partial charge in [0.25, 0.3) is 0 Å². The average molecular weight is 300 g/mol. The van der Waals surface area contributed by atoms with E-state index in [1.54, 1.807) is 30.3 Å². The van der Waals surface area contributed by atoms with Crippen LogP contribution in [0.15, 0.2) is 30.3 Å². The molecule has 1 aliphatic heterocycles. The highest BCUT2D eigenvalue weighted by molar-refractivity contribution is 5.85. The van der Waals surface area contributed by atoms with E-state index in [4.69, 9.17) is 0 Å². The van der Waals surface area contributed by atoms with Crippen LogP contribution in [0.1, 0.15) is 24.8 Å². The Morgan fingerprint density at radius 1 is 1.19 bits per heavy atom. The second kappa shape index (κ2) is 6.15. The Morgan fingerprint density at radius 3 is 2.43 bits per heavy atom. The number of rotatable bonds is 3. The smallest absolute Gasteiger partial charge is 0.273 e. The summed E-state index contributed by atoms with van der Waals surface area (Å²) in [6.45, 7) is -0.140. The zero-order chi connectivity index (χ0) is 15.5. The summed E-state index contributed by atoms with van der Waals surface area (Å²) in [6, 6.07) is 8.30. The molecule has 0 atom stereocenters. The van der Waals surface area contributed by atoms with Gasteiger partial charge < -0.3 is 0 Å². The Kier molecular flexibility index (Phi) is 4.50. The first-order chi connectivity index (χ1) is 9.89. The van der Waals surface area contributed by atoms with Crippen molar-refractivity contribution in [2.75, 3.05) is 6.54 Å². The quantitative estimate of drug-likeness (QED) is 0.860. The van der Waals surface area contributed by atoms with E-state index in [0.29, 0.717) is 23.4 Å². The second-order valence-electron chi connectivity index (χ2n) is 4.82. The summed E-state index contributed by atoms with van der Waals surface area (Å²) in [5, 5.41) is 1.43. The van der Waals surface area contributed by atoms with E-state index in [1.165, 1.54) is 0 Å². The standard InChI is InChI=1S/C14H15F3N2O2/c15-14(16,17)13(21)19(10-11-6-2-1-3-7-11)18-9-5-4-8-12(18)20/h1-3,6-7H,4-5,8-10H2. The molecule has 2 rings (SSSR count). The molecule has 0 aromatic heterocycles. The molecule has 2 amide bonds. The number of nitrogens with zero attached hydrogens (tertiary/aromatic N) is 2. The van der Waals surface area contributed by atoms with Crippen LogP contribution in [0.25, 0.3) is 0 Å². The molecule has 0 bridgehead atoms. The first-order valence-corrected chi connectivity index (χ1v) is 6.62. The van der Waals surface area contributed by atoms with Crippen molar-refractivity contribution in [3.8, 4) is 0 Å². The van der Waals surface area contributed by atoms with Crippen molar-refractivity contribution in [2.24, 2.45) is 0 Å². The van der Waals surface area contributed by atoms with Crippen molar-refractivity contribution in [3.05, 3.63) is 35.9 Å². The van der Waals surface area contributed by atoms with Crippen LogP contribution in [0.4, 0.5) is 13.2 Å². The number of benzene rings is 1. The van der Waals surface area contributed by atoms with E-state index >= 15 is 0 Å². The predicted molar refractivity (Wildman–Crippen MR) is 68.6 cm³/mol. The van der Waals surface area contributed by atoms with Crippen LogP contribution in [0, 0.1) is 0 Å². The second-order valence-corrected chi connectivity index (χ2v) is 4.82. The van der Waals surface area contributed by atoms with Gasteiger partial charge in [0.1, 0.15) is 0 Å². The number of carbonyl (C=O) groups is 2. The molecular weight excluding hydrogens is 285 g/mol. The lowest BCUT2D eigenvalue weighted by Gasteiger charge is -2.37. The maximum absolute atomic E-state index is 12.8. The van der Waals surface area contributed by atoms with Crippen LogP contribution in [0.5, 0.6) is 0 Å². The highest BCUT2D eigenvalue weighted by Crippen LogP contribution is 2.24. The molecular formula is C14H15F3N2O2. The first kappa shape index (κ1) is 15.3. The van der Waals surface area contributed by atoms with Crippen LogP contribution in [0.3, 0.4) is 0 Å². The normalized spacial score (nSPS) is 16.0. The third-order valence-corrected chi connectivity index (χ3v) is 3.24. The first-order valence-electron chi connectivity index (χ1n) is 6.62. The molecule has 21 heavy (non-hydrogen) atoms. The van der Waals surface area contributed by atoms with Crippen molar-refractivity contribution in [1.29, 1.82) is 0 Å². The molecule has 0 radical (unpaired) electrons. The summed E-state index contributed by atoms with van der Waals surface area (Å²) in [7, 11) is 0. The lowest BCUT2D eigenvalue weighted by molar-refractivity contribution is -0.206. The Balaban J connectivity index is 2.25. The maximum Gasteiger partial charge on any atom is 0.473 e. The monoisotopic (exact) mass is 300 g/mol. The molecule has 4 nitrogen and oxygen atoms in total. The van der Waals surface area contributed by atoms with E-state index in [0.717, 1.165) is 5.01 Å². The highest BCUT2D eigenvalue weighted by Gasteiger charge is 2.45. The number of carbonyl (C=O) groups excluding carboxylic acids is 2. The molecule has 0 unspecified atom stereocenters. The number of hydrogen-bond acceptors (Lipinski definition) is 2. The van der Waals surface area contributed by atoms with Gasteiger partial charge >= 0.3 is 12.1 Å². The minimum atomic E-state index is -5.01. The van der Waals surface area contributed by atoms with E-state index < -0.39 is 18.0 Å². The van der Waals surface area contributed by atoms with Gasteiger partial charge in [0.15, 0.2) is 0 Å². The summed E-state index contributed by atoms with van der Waals surface area (Å²) in [5.74, 6) is -2.46. The molecule has 0 aliphatic carbocycles. The fourth-order valence-corrected chi connectivity index (χ4v) is 2.22.